The minimum Gasteiger partial charge on any atom is -0.493 e. The largest absolute Gasteiger partial charge is 0.493 e. The number of hydrogen-bond acceptors (Lipinski definition) is 6. The van der Waals surface area contributed by atoms with Gasteiger partial charge in [-0.05, 0) is 49.6 Å². The average molecular weight is 478 g/mol. The van der Waals surface area contributed by atoms with Crippen LogP contribution in [0, 0.1) is 0 Å². The Morgan fingerprint density at radius 2 is 1.88 bits per heavy atom. The lowest BCUT2D eigenvalue weighted by atomic mass is 10.1. The van der Waals surface area contributed by atoms with E-state index in [0.717, 1.165) is 27.4 Å². The molecule has 0 fully saturated rings. The summed E-state index contributed by atoms with van der Waals surface area (Å²) in [6, 6.07) is 16.6. The first kappa shape index (κ1) is 23.6. The van der Waals surface area contributed by atoms with Gasteiger partial charge in [-0.2, -0.15) is 11.8 Å². The molecule has 2 aromatic carbocycles. The fraction of sp³-hybridized carbons (Fsp3) is 0.269. The molecule has 34 heavy (non-hydrogen) atoms. The Hall–Kier alpha value is -3.52. The molecule has 8 heteroatoms. The number of esters is 1. The van der Waals surface area contributed by atoms with Crippen molar-refractivity contribution in [2.45, 2.75) is 19.4 Å². The number of hydrogen-bond donors (Lipinski definition) is 2. The molecule has 7 nitrogen and oxygen atoms in total. The third-order valence-electron chi connectivity index (χ3n) is 5.57. The molecule has 2 N–H and O–H groups in total. The van der Waals surface area contributed by atoms with Crippen molar-refractivity contribution in [3.63, 3.8) is 0 Å². The van der Waals surface area contributed by atoms with Crippen LogP contribution < -0.4 is 10.1 Å². The normalized spacial score (nSPS) is 12.0. The summed E-state index contributed by atoms with van der Waals surface area (Å²) in [5, 5.41) is 4.66. The number of amides is 1. The van der Waals surface area contributed by atoms with Gasteiger partial charge in [-0.3, -0.25) is 4.79 Å². The summed E-state index contributed by atoms with van der Waals surface area (Å²) >= 11 is 1.60. The Kier molecular flexibility index (Phi) is 7.37. The van der Waals surface area contributed by atoms with Crippen molar-refractivity contribution in [3.05, 3.63) is 60.3 Å². The molecule has 176 valence electrons. The minimum atomic E-state index is -0.746. The van der Waals surface area contributed by atoms with Gasteiger partial charge in [0.05, 0.1) is 24.9 Å². The second-order valence-electron chi connectivity index (χ2n) is 7.71. The second-order valence-corrected chi connectivity index (χ2v) is 8.69. The summed E-state index contributed by atoms with van der Waals surface area (Å²) in [5.74, 6) is 0.487. The van der Waals surface area contributed by atoms with Gasteiger partial charge in [-0.15, -0.1) is 0 Å². The van der Waals surface area contributed by atoms with Gasteiger partial charge in [0.2, 0.25) is 0 Å². The number of carbonyl (C=O) groups excluding carboxylic acids is 2. The molecule has 4 rings (SSSR count). The predicted molar refractivity (Wildman–Crippen MR) is 136 cm³/mol. The zero-order chi connectivity index (χ0) is 24.1. The van der Waals surface area contributed by atoms with Crippen LogP contribution in [0.3, 0.4) is 0 Å². The maximum atomic E-state index is 13.3. The molecule has 0 bridgehead atoms. The number of ether oxygens (including phenoxy) is 2. The molecule has 2 heterocycles. The van der Waals surface area contributed by atoms with E-state index in [1.54, 1.807) is 17.8 Å². The van der Waals surface area contributed by atoms with Gasteiger partial charge < -0.3 is 19.8 Å². The molecule has 2 aromatic heterocycles. The van der Waals surface area contributed by atoms with Gasteiger partial charge in [-0.25, -0.2) is 9.78 Å². The molecule has 1 atom stereocenters. The number of benzene rings is 2. The first-order chi connectivity index (χ1) is 16.6. The molecule has 0 aliphatic rings. The third kappa shape index (κ3) is 4.72. The lowest BCUT2D eigenvalue weighted by Crippen LogP contribution is -2.42. The highest BCUT2D eigenvalue weighted by Crippen LogP contribution is 2.36. The van der Waals surface area contributed by atoms with E-state index >= 15 is 0 Å². The number of rotatable bonds is 9. The Labute approximate surface area is 202 Å². The van der Waals surface area contributed by atoms with E-state index < -0.39 is 17.9 Å². The quantitative estimate of drug-likeness (QED) is 0.336. The minimum absolute atomic E-state index is 0.219. The van der Waals surface area contributed by atoms with Crippen LogP contribution in [0.5, 0.6) is 5.75 Å². The Balaban J connectivity index is 1.86. The first-order valence-corrected chi connectivity index (χ1v) is 12.5. The van der Waals surface area contributed by atoms with Crippen LogP contribution in [0.25, 0.3) is 33.1 Å². The lowest BCUT2D eigenvalue weighted by Gasteiger charge is -2.16. The number of aromatic amines is 1. The van der Waals surface area contributed by atoms with Gasteiger partial charge in [-0.1, -0.05) is 30.3 Å². The van der Waals surface area contributed by atoms with Gasteiger partial charge in [0.15, 0.2) is 0 Å². The Morgan fingerprint density at radius 1 is 1.12 bits per heavy atom. The molecule has 0 radical (unpaired) electrons. The van der Waals surface area contributed by atoms with Crippen molar-refractivity contribution in [2.75, 3.05) is 25.7 Å². The molecule has 0 aliphatic heterocycles. The summed E-state index contributed by atoms with van der Waals surface area (Å²) < 4.78 is 10.7. The maximum Gasteiger partial charge on any atom is 0.328 e. The number of nitrogens with zero attached hydrogens (tertiary/aromatic N) is 1. The number of para-hydroxylation sites is 2. The van der Waals surface area contributed by atoms with Crippen LogP contribution in [0.15, 0.2) is 54.6 Å². The topological polar surface area (TPSA) is 93.3 Å². The summed E-state index contributed by atoms with van der Waals surface area (Å²) in [7, 11) is 1.32. The number of aromatic nitrogens is 2. The monoisotopic (exact) mass is 477 g/mol. The number of thioether (sulfide) groups is 1. The van der Waals surface area contributed by atoms with Crippen molar-refractivity contribution < 1.29 is 19.1 Å². The number of methoxy groups -OCH3 is 1. The fourth-order valence-electron chi connectivity index (χ4n) is 3.96. The van der Waals surface area contributed by atoms with Crippen molar-refractivity contribution in [3.8, 4) is 17.0 Å². The van der Waals surface area contributed by atoms with Crippen molar-refractivity contribution in [1.29, 1.82) is 0 Å². The maximum absolute atomic E-state index is 13.3. The molecule has 1 amide bonds. The van der Waals surface area contributed by atoms with E-state index in [2.05, 4.69) is 10.3 Å². The average Bonchev–Trinajstić information content (AvgIpc) is 3.24. The third-order valence-corrected chi connectivity index (χ3v) is 6.22. The Bertz CT molecular complexity index is 1330. The zero-order valence-electron chi connectivity index (χ0n) is 19.4. The number of nitrogens with one attached hydrogen (secondary N) is 2. The van der Waals surface area contributed by atoms with Crippen molar-refractivity contribution >= 4 is 45.4 Å². The number of H-pyrrole nitrogens is 1. The lowest BCUT2D eigenvalue weighted by molar-refractivity contribution is -0.142. The molecule has 0 saturated carbocycles. The molecular formula is C26H27N3O4S. The van der Waals surface area contributed by atoms with Gasteiger partial charge in [0.1, 0.15) is 17.5 Å². The molecule has 0 saturated heterocycles. The number of pyridine rings is 1. The van der Waals surface area contributed by atoms with E-state index in [1.165, 1.54) is 7.11 Å². The summed E-state index contributed by atoms with van der Waals surface area (Å²) in [6.45, 7) is 2.43. The van der Waals surface area contributed by atoms with Crippen molar-refractivity contribution in [2.24, 2.45) is 0 Å². The standard InChI is InChI=1S/C26H27N3O4S/c1-4-33-22-12-8-6-10-17(22)23-24-18(16-9-5-7-11-19(16)27-24)15-21(28-23)25(30)29-20(13-14-34-3)26(31)32-2/h5-12,15,20,27H,4,13-14H2,1-3H3,(H,29,30)/t20-/m0/s1. The molecule has 0 unspecified atom stereocenters. The molecular weight excluding hydrogens is 450 g/mol. The van der Waals surface area contributed by atoms with E-state index in [-0.39, 0.29) is 5.69 Å². The van der Waals surface area contributed by atoms with E-state index in [4.69, 9.17) is 14.5 Å². The fourth-order valence-corrected chi connectivity index (χ4v) is 4.43. The first-order valence-electron chi connectivity index (χ1n) is 11.1. The van der Waals surface area contributed by atoms with E-state index in [9.17, 15) is 9.59 Å². The SMILES string of the molecule is CCOc1ccccc1-c1nc(C(=O)N[C@@H](CCSC)C(=O)OC)cc2c1[nH]c1ccccc12. The van der Waals surface area contributed by atoms with Crippen LogP contribution in [-0.4, -0.2) is 53.6 Å². The Morgan fingerprint density at radius 3 is 2.65 bits per heavy atom. The highest BCUT2D eigenvalue weighted by molar-refractivity contribution is 7.98. The molecule has 0 aliphatic carbocycles. The van der Waals surface area contributed by atoms with Gasteiger partial charge in [0, 0.05) is 21.9 Å². The summed E-state index contributed by atoms with van der Waals surface area (Å²) in [6.07, 6.45) is 2.42. The van der Waals surface area contributed by atoms with Crippen LogP contribution >= 0.6 is 11.8 Å². The number of carbonyl (C=O) groups is 2. The smallest absolute Gasteiger partial charge is 0.328 e. The highest BCUT2D eigenvalue weighted by Gasteiger charge is 2.24. The second kappa shape index (κ2) is 10.6. The molecule has 0 spiro atoms. The van der Waals surface area contributed by atoms with Gasteiger partial charge >= 0.3 is 5.97 Å². The van der Waals surface area contributed by atoms with E-state index in [1.807, 2.05) is 61.7 Å². The number of fused-ring (bicyclic) bond motifs is 3. The zero-order valence-corrected chi connectivity index (χ0v) is 20.2. The van der Waals surface area contributed by atoms with Crippen LogP contribution in [0.4, 0.5) is 0 Å². The summed E-state index contributed by atoms with van der Waals surface area (Å²) in [5.41, 5.74) is 3.37. The van der Waals surface area contributed by atoms with Crippen LogP contribution in [0.2, 0.25) is 0 Å². The summed E-state index contributed by atoms with van der Waals surface area (Å²) in [4.78, 5) is 33.7. The highest BCUT2D eigenvalue weighted by atomic mass is 32.2. The van der Waals surface area contributed by atoms with Crippen molar-refractivity contribution in [1.82, 2.24) is 15.3 Å². The molecule has 4 aromatic rings. The van der Waals surface area contributed by atoms with Gasteiger partial charge in [0.25, 0.3) is 5.91 Å². The van der Waals surface area contributed by atoms with Crippen LogP contribution in [-0.2, 0) is 9.53 Å². The van der Waals surface area contributed by atoms with E-state index in [0.29, 0.717) is 30.2 Å². The van der Waals surface area contributed by atoms with Crippen LogP contribution in [0.1, 0.15) is 23.8 Å². The predicted octanol–water partition coefficient (Wildman–Crippen LogP) is 4.81.